The smallest absolute Gasteiger partial charge is 0.193 e. The van der Waals surface area contributed by atoms with Crippen molar-refractivity contribution < 1.29 is 8.42 Å². The third-order valence-electron chi connectivity index (χ3n) is 4.45. The molecule has 1 aliphatic carbocycles. The van der Waals surface area contributed by atoms with Crippen LogP contribution in [0.4, 0.5) is 5.69 Å². The van der Waals surface area contributed by atoms with Gasteiger partial charge in [-0.25, -0.2) is 13.4 Å². The number of sulfone groups is 1. The van der Waals surface area contributed by atoms with Crippen molar-refractivity contribution in [2.45, 2.75) is 37.6 Å². The minimum absolute atomic E-state index is 0. The minimum Gasteiger partial charge on any atom is -0.370 e. The van der Waals surface area contributed by atoms with Gasteiger partial charge in [-0.3, -0.25) is 0 Å². The van der Waals surface area contributed by atoms with E-state index in [1.54, 1.807) is 19.1 Å². The number of nitrogens with zero attached hydrogens (tertiary/aromatic N) is 1. The Morgan fingerprint density at radius 2 is 1.88 bits per heavy atom. The summed E-state index contributed by atoms with van der Waals surface area (Å²) in [5, 5.41) is 3.11. The van der Waals surface area contributed by atoms with E-state index in [4.69, 9.17) is 5.73 Å². The van der Waals surface area contributed by atoms with Gasteiger partial charge in [-0.2, -0.15) is 0 Å². The predicted octanol–water partition coefficient (Wildman–Crippen LogP) is 3.43. The van der Waals surface area contributed by atoms with Crippen LogP contribution in [0.25, 0.3) is 0 Å². The lowest BCUT2D eigenvalue weighted by Crippen LogP contribution is -2.22. The molecular formula is C19H24IN3O2S. The van der Waals surface area contributed by atoms with Crippen LogP contribution in [0.3, 0.4) is 0 Å². The number of nitrogens with one attached hydrogen (secondary N) is 1. The fourth-order valence-corrected chi connectivity index (χ4v) is 4.17. The van der Waals surface area contributed by atoms with Crippen molar-refractivity contribution in [1.82, 2.24) is 0 Å². The van der Waals surface area contributed by atoms with E-state index in [9.17, 15) is 8.42 Å². The normalized spacial score (nSPS) is 13.8. The van der Waals surface area contributed by atoms with Gasteiger partial charge in [0.1, 0.15) is 0 Å². The quantitative estimate of drug-likeness (QED) is 0.395. The maximum atomic E-state index is 11.8. The van der Waals surface area contributed by atoms with E-state index in [0.29, 0.717) is 17.4 Å². The Morgan fingerprint density at radius 1 is 1.15 bits per heavy atom. The molecule has 0 bridgehead atoms. The van der Waals surface area contributed by atoms with Gasteiger partial charge >= 0.3 is 0 Å². The maximum absolute atomic E-state index is 11.8. The zero-order chi connectivity index (χ0) is 18.0. The van der Waals surface area contributed by atoms with Crippen molar-refractivity contribution >= 4 is 45.5 Å². The van der Waals surface area contributed by atoms with Gasteiger partial charge in [0, 0.05) is 11.9 Å². The van der Waals surface area contributed by atoms with E-state index in [-0.39, 0.29) is 24.0 Å². The Balaban J connectivity index is 0.00000243. The molecule has 140 valence electrons. The number of guanidine groups is 1. The molecule has 2 aromatic rings. The summed E-state index contributed by atoms with van der Waals surface area (Å²) in [6, 6.07) is 11.6. The Morgan fingerprint density at radius 3 is 2.62 bits per heavy atom. The Kier molecular flexibility index (Phi) is 6.68. The van der Waals surface area contributed by atoms with E-state index >= 15 is 0 Å². The summed E-state index contributed by atoms with van der Waals surface area (Å²) >= 11 is 0. The lowest BCUT2D eigenvalue weighted by Gasteiger charge is -2.09. The van der Waals surface area contributed by atoms with E-state index in [2.05, 4.69) is 22.4 Å². The number of aryl methyl sites for hydroxylation is 3. The van der Waals surface area contributed by atoms with Gasteiger partial charge in [-0.15, -0.1) is 24.0 Å². The molecule has 0 saturated heterocycles. The van der Waals surface area contributed by atoms with Crippen molar-refractivity contribution in [2.24, 2.45) is 10.7 Å². The molecule has 0 aromatic heterocycles. The second-order valence-corrected chi connectivity index (χ2v) is 8.52. The molecule has 0 amide bonds. The van der Waals surface area contributed by atoms with Crippen LogP contribution in [0, 0.1) is 6.92 Å². The molecule has 0 atom stereocenters. The first kappa shape index (κ1) is 20.7. The molecule has 26 heavy (non-hydrogen) atoms. The SMILES string of the molecule is Cc1ccc(CN=C(N)Nc2ccc3c(c2)CCC3)cc1S(C)(=O)=O.I. The zero-order valence-corrected chi connectivity index (χ0v) is 18.1. The van der Waals surface area contributed by atoms with Crippen molar-refractivity contribution in [1.29, 1.82) is 0 Å². The van der Waals surface area contributed by atoms with Crippen molar-refractivity contribution in [3.63, 3.8) is 0 Å². The second-order valence-electron chi connectivity index (χ2n) is 6.54. The molecule has 1 aliphatic rings. The predicted molar refractivity (Wildman–Crippen MR) is 117 cm³/mol. The second kappa shape index (κ2) is 8.39. The number of nitrogens with two attached hydrogens (primary N) is 1. The van der Waals surface area contributed by atoms with Gasteiger partial charge < -0.3 is 11.1 Å². The fourth-order valence-electron chi connectivity index (χ4n) is 3.16. The summed E-state index contributed by atoms with van der Waals surface area (Å²) in [5.74, 6) is 0.319. The standard InChI is InChI=1S/C19H23N3O2S.HI/c1-13-6-7-14(10-18(13)25(2,23)24)12-21-19(20)22-17-9-8-15-4-3-5-16(15)11-17;/h6-11H,3-5,12H2,1-2H3,(H3,20,21,22);1H. The van der Waals surface area contributed by atoms with E-state index < -0.39 is 9.84 Å². The molecule has 0 aliphatic heterocycles. The number of benzene rings is 2. The molecule has 3 N–H and O–H groups in total. The van der Waals surface area contributed by atoms with Gasteiger partial charge in [0.2, 0.25) is 0 Å². The Labute approximate surface area is 172 Å². The summed E-state index contributed by atoms with van der Waals surface area (Å²) in [4.78, 5) is 4.66. The number of aliphatic imine (C=N–C) groups is 1. The number of rotatable bonds is 4. The summed E-state index contributed by atoms with van der Waals surface area (Å²) in [7, 11) is -3.24. The highest BCUT2D eigenvalue weighted by Crippen LogP contribution is 2.24. The monoisotopic (exact) mass is 485 g/mol. The van der Waals surface area contributed by atoms with Crippen LogP contribution in [0.5, 0.6) is 0 Å². The number of fused-ring (bicyclic) bond motifs is 1. The van der Waals surface area contributed by atoms with Crippen LogP contribution in [0.1, 0.15) is 28.7 Å². The first-order chi connectivity index (χ1) is 11.8. The molecule has 5 nitrogen and oxygen atoms in total. The fraction of sp³-hybridized carbons (Fsp3) is 0.316. The summed E-state index contributed by atoms with van der Waals surface area (Å²) in [6.07, 6.45) is 4.68. The lowest BCUT2D eigenvalue weighted by molar-refractivity contribution is 0.601. The summed E-state index contributed by atoms with van der Waals surface area (Å²) in [6.45, 7) is 2.11. The number of hydrogen-bond acceptors (Lipinski definition) is 3. The van der Waals surface area contributed by atoms with E-state index in [1.807, 2.05) is 12.1 Å². The molecule has 3 rings (SSSR count). The highest BCUT2D eigenvalue weighted by atomic mass is 127. The highest BCUT2D eigenvalue weighted by Gasteiger charge is 2.12. The largest absolute Gasteiger partial charge is 0.370 e. The van der Waals surface area contributed by atoms with Crippen LogP contribution in [-0.2, 0) is 29.2 Å². The van der Waals surface area contributed by atoms with Crippen LogP contribution in [0.15, 0.2) is 46.3 Å². The number of hydrogen-bond donors (Lipinski definition) is 2. The van der Waals surface area contributed by atoms with Crippen molar-refractivity contribution in [3.8, 4) is 0 Å². The average Bonchev–Trinajstić information content (AvgIpc) is 3.00. The molecule has 0 fully saturated rings. The maximum Gasteiger partial charge on any atom is 0.193 e. The van der Waals surface area contributed by atoms with Crippen LogP contribution in [0.2, 0.25) is 0 Å². The average molecular weight is 485 g/mol. The summed E-state index contributed by atoms with van der Waals surface area (Å²) < 4.78 is 23.6. The molecular weight excluding hydrogens is 461 g/mol. The molecule has 7 heteroatoms. The summed E-state index contributed by atoms with van der Waals surface area (Å²) in [5.41, 5.74) is 11.2. The lowest BCUT2D eigenvalue weighted by atomic mass is 10.1. The van der Waals surface area contributed by atoms with Gasteiger partial charge in [-0.1, -0.05) is 18.2 Å². The Hall–Kier alpha value is -1.61. The van der Waals surface area contributed by atoms with E-state index in [0.717, 1.165) is 29.7 Å². The van der Waals surface area contributed by atoms with Crippen LogP contribution in [-0.4, -0.2) is 20.6 Å². The molecule has 0 saturated carbocycles. The van der Waals surface area contributed by atoms with Gasteiger partial charge in [-0.05, 0) is 66.6 Å². The zero-order valence-electron chi connectivity index (χ0n) is 15.0. The van der Waals surface area contributed by atoms with Crippen LogP contribution < -0.4 is 11.1 Å². The minimum atomic E-state index is -3.24. The number of anilines is 1. The third-order valence-corrected chi connectivity index (χ3v) is 5.69. The molecule has 0 radical (unpaired) electrons. The third kappa shape index (κ3) is 4.97. The Bertz CT molecular complexity index is 940. The highest BCUT2D eigenvalue weighted by molar-refractivity contribution is 14.0. The van der Waals surface area contributed by atoms with Crippen molar-refractivity contribution in [3.05, 3.63) is 58.7 Å². The van der Waals surface area contributed by atoms with Gasteiger partial charge in [0.25, 0.3) is 0 Å². The molecule has 0 unspecified atom stereocenters. The van der Waals surface area contributed by atoms with E-state index in [1.165, 1.54) is 23.8 Å². The first-order valence-electron chi connectivity index (χ1n) is 8.31. The van der Waals surface area contributed by atoms with Gasteiger partial charge in [0.15, 0.2) is 15.8 Å². The molecule has 0 spiro atoms. The van der Waals surface area contributed by atoms with Crippen molar-refractivity contribution in [2.75, 3.05) is 11.6 Å². The van der Waals surface area contributed by atoms with Crippen LogP contribution >= 0.6 is 24.0 Å². The van der Waals surface area contributed by atoms with Gasteiger partial charge in [0.05, 0.1) is 11.4 Å². The molecule has 2 aromatic carbocycles. The first-order valence-corrected chi connectivity index (χ1v) is 10.2. The molecule has 0 heterocycles. The topological polar surface area (TPSA) is 84.5 Å². The number of halogens is 1.